The highest BCUT2D eigenvalue weighted by Gasteiger charge is 2.31. The number of aromatic amines is 1. The highest BCUT2D eigenvalue weighted by Crippen LogP contribution is 2.29. The van der Waals surface area contributed by atoms with E-state index in [9.17, 15) is 27.6 Å². The van der Waals surface area contributed by atoms with E-state index in [0.717, 1.165) is 24.3 Å². The second-order valence-electron chi connectivity index (χ2n) is 6.10. The molecule has 1 heterocycles. The summed E-state index contributed by atoms with van der Waals surface area (Å²) in [5.74, 6) is -2.14. The number of esters is 2. The van der Waals surface area contributed by atoms with Crippen LogP contribution in [0.2, 0.25) is 0 Å². The molecule has 2 aromatic rings. The number of methoxy groups -OCH3 is 1. The minimum Gasteiger partial charge on any atom is -0.465 e. The highest BCUT2D eigenvalue weighted by molar-refractivity contribution is 6.04. The fourth-order valence-electron chi connectivity index (χ4n) is 2.69. The van der Waals surface area contributed by atoms with Crippen LogP contribution in [0.1, 0.15) is 54.9 Å². The first-order valence-electron chi connectivity index (χ1n) is 8.17. The largest absolute Gasteiger partial charge is 0.465 e. The van der Waals surface area contributed by atoms with Crippen molar-refractivity contribution < 1.29 is 37.0 Å². The maximum atomic E-state index is 12.6. The highest BCUT2D eigenvalue weighted by atomic mass is 19.4. The molecule has 1 N–H and O–H groups in total. The number of aromatic nitrogens is 1. The first-order valence-corrected chi connectivity index (χ1v) is 8.17. The molecule has 0 aliphatic carbocycles. The lowest BCUT2D eigenvalue weighted by molar-refractivity contribution is -0.137. The summed E-state index contributed by atoms with van der Waals surface area (Å²) in [6.07, 6.45) is -5.75. The molecule has 150 valence electrons. The van der Waals surface area contributed by atoms with Gasteiger partial charge in [-0.05, 0) is 50.6 Å². The van der Waals surface area contributed by atoms with Gasteiger partial charge in [-0.15, -0.1) is 0 Å². The summed E-state index contributed by atoms with van der Waals surface area (Å²) in [7, 11) is 1.21. The van der Waals surface area contributed by atoms with Crippen molar-refractivity contribution in [2.24, 2.45) is 0 Å². The van der Waals surface area contributed by atoms with Crippen molar-refractivity contribution in [3.8, 4) is 0 Å². The number of carbonyl (C=O) groups is 3. The summed E-state index contributed by atoms with van der Waals surface area (Å²) < 4.78 is 47.5. The Bertz CT molecular complexity index is 913. The number of H-pyrrole nitrogens is 1. The van der Waals surface area contributed by atoms with Crippen LogP contribution in [0.15, 0.2) is 24.3 Å². The van der Waals surface area contributed by atoms with Gasteiger partial charge in [-0.25, -0.2) is 9.59 Å². The number of rotatable bonds is 5. The number of nitrogens with one attached hydrogen (secondary N) is 1. The first kappa shape index (κ1) is 21.2. The van der Waals surface area contributed by atoms with Crippen molar-refractivity contribution >= 4 is 17.7 Å². The van der Waals surface area contributed by atoms with Gasteiger partial charge in [-0.3, -0.25) is 4.79 Å². The Labute approximate surface area is 158 Å². The van der Waals surface area contributed by atoms with Gasteiger partial charge in [0, 0.05) is 5.69 Å². The predicted octanol–water partition coefficient (Wildman–Crippen LogP) is 3.87. The van der Waals surface area contributed by atoms with Gasteiger partial charge in [-0.2, -0.15) is 13.2 Å². The van der Waals surface area contributed by atoms with E-state index in [2.05, 4.69) is 9.72 Å². The van der Waals surface area contributed by atoms with Crippen LogP contribution in [-0.4, -0.2) is 35.9 Å². The van der Waals surface area contributed by atoms with Gasteiger partial charge in [0.25, 0.3) is 0 Å². The average Bonchev–Trinajstić information content (AvgIpc) is 2.94. The van der Waals surface area contributed by atoms with Crippen LogP contribution in [0, 0.1) is 13.8 Å². The fourth-order valence-corrected chi connectivity index (χ4v) is 2.69. The van der Waals surface area contributed by atoms with Crippen molar-refractivity contribution in [2.75, 3.05) is 7.11 Å². The number of carbonyl (C=O) groups excluding carboxylic acids is 3. The SMILES string of the molecule is COC(=O)c1c(C)[nH]c(C(=O)[C@@H](C)OC(=O)c2ccc(C(F)(F)F)cc2)c1C. The number of halogens is 3. The molecule has 0 spiro atoms. The van der Waals surface area contributed by atoms with Crippen LogP contribution in [0.4, 0.5) is 13.2 Å². The Hall–Kier alpha value is -3.10. The Morgan fingerprint density at radius 1 is 1.04 bits per heavy atom. The van der Waals surface area contributed by atoms with E-state index in [-0.39, 0.29) is 16.8 Å². The molecule has 1 aromatic carbocycles. The molecule has 0 saturated carbocycles. The Balaban J connectivity index is 2.16. The molecule has 0 amide bonds. The standard InChI is InChI=1S/C19H18F3NO5/c1-9-14(18(26)27-4)10(2)23-15(9)16(24)11(3)28-17(25)12-5-7-13(8-6-12)19(20,21)22/h5-8,11,23H,1-4H3/t11-/m1/s1. The van der Waals surface area contributed by atoms with Crippen molar-refractivity contribution in [2.45, 2.75) is 33.1 Å². The zero-order valence-electron chi connectivity index (χ0n) is 15.6. The third kappa shape index (κ3) is 4.24. The third-order valence-corrected chi connectivity index (χ3v) is 4.17. The van der Waals surface area contributed by atoms with Crippen LogP contribution in [0.5, 0.6) is 0 Å². The number of ketones is 1. The zero-order chi connectivity index (χ0) is 21.2. The van der Waals surface area contributed by atoms with Gasteiger partial charge in [0.05, 0.1) is 29.5 Å². The van der Waals surface area contributed by atoms with Gasteiger partial charge < -0.3 is 14.5 Å². The van der Waals surface area contributed by atoms with Gasteiger partial charge in [0.2, 0.25) is 5.78 Å². The van der Waals surface area contributed by atoms with Crippen LogP contribution in [0.25, 0.3) is 0 Å². The molecule has 1 atom stereocenters. The topological polar surface area (TPSA) is 85.5 Å². The van der Waals surface area contributed by atoms with Crippen molar-refractivity contribution in [3.63, 3.8) is 0 Å². The van der Waals surface area contributed by atoms with E-state index in [1.54, 1.807) is 13.8 Å². The molecule has 0 saturated heterocycles. The number of Topliss-reactive ketones (excluding diaryl/α,β-unsaturated/α-hetero) is 1. The maximum Gasteiger partial charge on any atom is 0.416 e. The van der Waals surface area contributed by atoms with Gasteiger partial charge >= 0.3 is 18.1 Å². The van der Waals surface area contributed by atoms with Gasteiger partial charge in [0.15, 0.2) is 6.10 Å². The van der Waals surface area contributed by atoms with E-state index in [1.165, 1.54) is 14.0 Å². The molecule has 0 aliphatic heterocycles. The molecule has 0 radical (unpaired) electrons. The molecule has 2 rings (SSSR count). The summed E-state index contributed by atoms with van der Waals surface area (Å²) in [5.41, 5.74) is 0.0572. The zero-order valence-corrected chi connectivity index (χ0v) is 15.6. The van der Waals surface area contributed by atoms with Crippen molar-refractivity contribution in [1.82, 2.24) is 4.98 Å². The number of hydrogen-bond donors (Lipinski definition) is 1. The van der Waals surface area contributed by atoms with E-state index in [0.29, 0.717) is 11.3 Å². The third-order valence-electron chi connectivity index (χ3n) is 4.17. The minimum atomic E-state index is -4.52. The molecule has 28 heavy (non-hydrogen) atoms. The van der Waals surface area contributed by atoms with Crippen LogP contribution < -0.4 is 0 Å². The summed E-state index contributed by atoms with van der Waals surface area (Å²) >= 11 is 0. The monoisotopic (exact) mass is 397 g/mol. The first-order chi connectivity index (χ1) is 13.0. The van der Waals surface area contributed by atoms with Crippen LogP contribution >= 0.6 is 0 Å². The van der Waals surface area contributed by atoms with E-state index >= 15 is 0 Å². The van der Waals surface area contributed by atoms with Gasteiger partial charge in [0.1, 0.15) is 0 Å². The lowest BCUT2D eigenvalue weighted by Crippen LogP contribution is -2.25. The summed E-state index contributed by atoms with van der Waals surface area (Å²) in [5, 5.41) is 0. The Morgan fingerprint density at radius 3 is 2.11 bits per heavy atom. The number of alkyl halides is 3. The molecule has 0 aliphatic rings. The lowest BCUT2D eigenvalue weighted by Gasteiger charge is -2.13. The van der Waals surface area contributed by atoms with Crippen molar-refractivity contribution in [1.29, 1.82) is 0 Å². The van der Waals surface area contributed by atoms with Crippen LogP contribution in [0.3, 0.4) is 0 Å². The summed E-state index contributed by atoms with van der Waals surface area (Å²) in [6, 6.07) is 3.46. The number of hydrogen-bond acceptors (Lipinski definition) is 5. The number of ether oxygens (including phenoxy) is 2. The van der Waals surface area contributed by atoms with Crippen LogP contribution in [-0.2, 0) is 15.7 Å². The fraction of sp³-hybridized carbons (Fsp3) is 0.316. The van der Waals surface area contributed by atoms with Crippen molar-refractivity contribution in [3.05, 3.63) is 57.9 Å². The maximum absolute atomic E-state index is 12.6. The molecular formula is C19H18F3NO5. The normalized spacial score (nSPS) is 12.4. The Kier molecular flexibility index (Phi) is 5.96. The lowest BCUT2D eigenvalue weighted by atomic mass is 10.1. The minimum absolute atomic E-state index is 0.0885. The van der Waals surface area contributed by atoms with E-state index in [4.69, 9.17) is 4.74 Å². The number of aryl methyl sites for hydroxylation is 1. The molecule has 0 unspecified atom stereocenters. The molecular weight excluding hydrogens is 379 g/mol. The number of benzene rings is 1. The molecule has 0 bridgehead atoms. The molecule has 0 fully saturated rings. The second kappa shape index (κ2) is 7.87. The van der Waals surface area contributed by atoms with Gasteiger partial charge in [-0.1, -0.05) is 0 Å². The van der Waals surface area contributed by atoms with E-state index < -0.39 is 35.6 Å². The smallest absolute Gasteiger partial charge is 0.416 e. The molecule has 1 aromatic heterocycles. The quantitative estimate of drug-likeness (QED) is 0.612. The van der Waals surface area contributed by atoms with E-state index in [1.807, 2.05) is 0 Å². The Morgan fingerprint density at radius 2 is 1.61 bits per heavy atom. The molecule has 9 heteroatoms. The predicted molar refractivity (Wildman–Crippen MR) is 92.3 cm³/mol. The summed E-state index contributed by atoms with van der Waals surface area (Å²) in [4.78, 5) is 39.3. The second-order valence-corrected chi connectivity index (χ2v) is 6.10. The average molecular weight is 397 g/mol. The molecule has 6 nitrogen and oxygen atoms in total. The summed E-state index contributed by atoms with van der Waals surface area (Å²) in [6.45, 7) is 4.47.